The molecule has 0 atom stereocenters. The van der Waals surface area contributed by atoms with Crippen LogP contribution in [0.15, 0.2) is 42.5 Å². The van der Waals surface area contributed by atoms with Gasteiger partial charge in [-0.1, -0.05) is 23.6 Å². The molecule has 4 nitrogen and oxygen atoms in total. The third kappa shape index (κ3) is 4.02. The zero-order valence-electron chi connectivity index (χ0n) is 11.6. The predicted octanol–water partition coefficient (Wildman–Crippen LogP) is 3.24. The molecule has 0 fully saturated rings. The van der Waals surface area contributed by atoms with Gasteiger partial charge in [-0.2, -0.15) is 5.26 Å². The van der Waals surface area contributed by atoms with E-state index < -0.39 is 0 Å². The van der Waals surface area contributed by atoms with Gasteiger partial charge in [0.05, 0.1) is 17.8 Å². The molecule has 5 heteroatoms. The number of terminal acetylenes is 1. The highest BCUT2D eigenvalue weighted by molar-refractivity contribution is 6.31. The van der Waals surface area contributed by atoms with Crippen molar-refractivity contribution in [3.63, 3.8) is 0 Å². The molecule has 108 valence electrons. The number of nitrogens with one attached hydrogen (secondary N) is 2. The Morgan fingerprint density at radius 3 is 2.82 bits per heavy atom. The van der Waals surface area contributed by atoms with Crippen molar-refractivity contribution in [2.45, 2.75) is 0 Å². The monoisotopic (exact) mass is 309 g/mol. The number of hydrogen-bond donors (Lipinski definition) is 2. The van der Waals surface area contributed by atoms with Gasteiger partial charge in [0.1, 0.15) is 6.07 Å². The summed E-state index contributed by atoms with van der Waals surface area (Å²) in [6.45, 7) is 0.0470. The first-order chi connectivity index (χ1) is 10.6. The molecule has 0 saturated carbocycles. The minimum absolute atomic E-state index is 0.0470. The summed E-state index contributed by atoms with van der Waals surface area (Å²) in [6, 6.07) is 13.9. The van der Waals surface area contributed by atoms with Crippen LogP contribution >= 0.6 is 11.6 Å². The van der Waals surface area contributed by atoms with Crippen LogP contribution in [0.1, 0.15) is 11.1 Å². The van der Waals surface area contributed by atoms with Crippen LogP contribution in [-0.2, 0) is 4.79 Å². The molecule has 0 spiro atoms. The Bertz CT molecular complexity index is 787. The average molecular weight is 310 g/mol. The maximum atomic E-state index is 12.0. The molecule has 0 radical (unpaired) electrons. The van der Waals surface area contributed by atoms with Crippen molar-refractivity contribution >= 4 is 28.9 Å². The Hall–Kier alpha value is -2.95. The first kappa shape index (κ1) is 15.4. The first-order valence-corrected chi connectivity index (χ1v) is 6.80. The summed E-state index contributed by atoms with van der Waals surface area (Å²) in [5.41, 5.74) is 2.22. The van der Waals surface area contributed by atoms with Crippen LogP contribution in [0.4, 0.5) is 11.4 Å². The molecule has 0 aliphatic heterocycles. The van der Waals surface area contributed by atoms with Crippen LogP contribution < -0.4 is 10.6 Å². The summed E-state index contributed by atoms with van der Waals surface area (Å²) >= 11 is 5.87. The first-order valence-electron chi connectivity index (χ1n) is 6.42. The van der Waals surface area contributed by atoms with Crippen molar-refractivity contribution in [2.24, 2.45) is 0 Å². The quantitative estimate of drug-likeness (QED) is 0.852. The van der Waals surface area contributed by atoms with Crippen LogP contribution in [0.5, 0.6) is 0 Å². The van der Waals surface area contributed by atoms with E-state index in [-0.39, 0.29) is 12.5 Å². The van der Waals surface area contributed by atoms with E-state index in [1.165, 1.54) is 6.07 Å². The SMILES string of the molecule is C#Cc1cccc(NCC(=O)Nc2cc(Cl)ccc2C#N)c1. The maximum Gasteiger partial charge on any atom is 0.243 e. The second-order valence-corrected chi connectivity index (χ2v) is 4.87. The van der Waals surface area contributed by atoms with Crippen LogP contribution in [0.3, 0.4) is 0 Å². The van der Waals surface area contributed by atoms with Gasteiger partial charge in [-0.05, 0) is 36.4 Å². The average Bonchev–Trinajstić information content (AvgIpc) is 2.53. The van der Waals surface area contributed by atoms with Crippen LogP contribution in [0.2, 0.25) is 5.02 Å². The lowest BCUT2D eigenvalue weighted by molar-refractivity contribution is -0.114. The van der Waals surface area contributed by atoms with Crippen LogP contribution in [0.25, 0.3) is 0 Å². The fourth-order valence-corrected chi connectivity index (χ4v) is 1.99. The van der Waals surface area contributed by atoms with Gasteiger partial charge < -0.3 is 10.6 Å². The van der Waals surface area contributed by atoms with Gasteiger partial charge in [0.2, 0.25) is 5.91 Å². The zero-order chi connectivity index (χ0) is 15.9. The van der Waals surface area contributed by atoms with Gasteiger partial charge >= 0.3 is 0 Å². The summed E-state index contributed by atoms with van der Waals surface area (Å²) in [7, 11) is 0. The Morgan fingerprint density at radius 1 is 1.27 bits per heavy atom. The number of anilines is 2. The van der Waals surface area contributed by atoms with E-state index in [0.717, 1.165) is 11.3 Å². The van der Waals surface area contributed by atoms with Gasteiger partial charge in [0, 0.05) is 16.3 Å². The Balaban J connectivity index is 2.00. The van der Waals surface area contributed by atoms with Crippen molar-refractivity contribution in [2.75, 3.05) is 17.2 Å². The third-order valence-electron chi connectivity index (χ3n) is 2.86. The molecule has 0 unspecified atom stereocenters. The highest BCUT2D eigenvalue weighted by Crippen LogP contribution is 2.20. The summed E-state index contributed by atoms with van der Waals surface area (Å²) in [5, 5.41) is 15.1. The number of hydrogen-bond acceptors (Lipinski definition) is 3. The predicted molar refractivity (Wildman–Crippen MR) is 87.7 cm³/mol. The van der Waals surface area contributed by atoms with Crippen molar-refractivity contribution in [3.05, 3.63) is 58.6 Å². The van der Waals surface area contributed by atoms with Crippen molar-refractivity contribution in [1.29, 1.82) is 5.26 Å². The highest BCUT2D eigenvalue weighted by atomic mass is 35.5. The lowest BCUT2D eigenvalue weighted by Crippen LogP contribution is -2.22. The number of carbonyl (C=O) groups excluding carboxylic acids is 1. The normalized spacial score (nSPS) is 9.41. The molecular weight excluding hydrogens is 298 g/mol. The third-order valence-corrected chi connectivity index (χ3v) is 3.09. The summed E-state index contributed by atoms with van der Waals surface area (Å²) in [6.07, 6.45) is 5.32. The lowest BCUT2D eigenvalue weighted by Gasteiger charge is -2.09. The molecule has 0 aliphatic carbocycles. The van der Waals surface area contributed by atoms with E-state index in [9.17, 15) is 4.79 Å². The lowest BCUT2D eigenvalue weighted by atomic mass is 10.2. The number of amides is 1. The largest absolute Gasteiger partial charge is 0.376 e. The van der Waals surface area contributed by atoms with Crippen LogP contribution in [-0.4, -0.2) is 12.5 Å². The summed E-state index contributed by atoms with van der Waals surface area (Å²) in [5.74, 6) is 2.24. The highest BCUT2D eigenvalue weighted by Gasteiger charge is 2.07. The number of carbonyl (C=O) groups is 1. The van der Waals surface area contributed by atoms with Gasteiger partial charge in [0.25, 0.3) is 0 Å². The fraction of sp³-hybridized carbons (Fsp3) is 0.0588. The molecule has 22 heavy (non-hydrogen) atoms. The van der Waals surface area contributed by atoms with Crippen molar-refractivity contribution in [1.82, 2.24) is 0 Å². The molecule has 0 aliphatic rings. The van der Waals surface area contributed by atoms with E-state index in [1.807, 2.05) is 12.1 Å². The van der Waals surface area contributed by atoms with Crippen molar-refractivity contribution in [3.8, 4) is 18.4 Å². The Labute approximate surface area is 133 Å². The van der Waals surface area contributed by atoms with Gasteiger partial charge in [-0.3, -0.25) is 4.79 Å². The van der Waals surface area contributed by atoms with E-state index in [4.69, 9.17) is 23.3 Å². The summed E-state index contributed by atoms with van der Waals surface area (Å²) in [4.78, 5) is 12.0. The molecule has 0 bridgehead atoms. The molecule has 2 aromatic rings. The van der Waals surface area contributed by atoms with E-state index in [2.05, 4.69) is 16.6 Å². The number of halogens is 1. The van der Waals surface area contributed by atoms with Crippen molar-refractivity contribution < 1.29 is 4.79 Å². The second kappa shape index (κ2) is 7.17. The van der Waals surface area contributed by atoms with Crippen LogP contribution in [0, 0.1) is 23.7 Å². The smallest absolute Gasteiger partial charge is 0.243 e. The molecular formula is C17H12ClN3O. The molecule has 2 aromatic carbocycles. The Morgan fingerprint density at radius 2 is 2.09 bits per heavy atom. The van der Waals surface area contributed by atoms with E-state index in [1.54, 1.807) is 30.3 Å². The number of nitriles is 1. The summed E-state index contributed by atoms with van der Waals surface area (Å²) < 4.78 is 0. The number of nitrogens with zero attached hydrogens (tertiary/aromatic N) is 1. The molecule has 1 amide bonds. The molecule has 0 saturated heterocycles. The van der Waals surface area contributed by atoms with Gasteiger partial charge in [0.15, 0.2) is 0 Å². The fourth-order valence-electron chi connectivity index (χ4n) is 1.81. The second-order valence-electron chi connectivity index (χ2n) is 4.43. The van der Waals surface area contributed by atoms with E-state index in [0.29, 0.717) is 16.3 Å². The molecule has 0 heterocycles. The number of rotatable bonds is 4. The standard InChI is InChI=1S/C17H12ClN3O/c1-2-12-4-3-5-15(8-12)20-11-17(22)21-16-9-14(18)7-6-13(16)10-19/h1,3-9,20H,11H2,(H,21,22). The van der Waals surface area contributed by atoms with Gasteiger partial charge in [-0.25, -0.2) is 0 Å². The zero-order valence-corrected chi connectivity index (χ0v) is 12.3. The van der Waals surface area contributed by atoms with Gasteiger partial charge in [-0.15, -0.1) is 6.42 Å². The maximum absolute atomic E-state index is 12.0. The minimum Gasteiger partial charge on any atom is -0.376 e. The van der Waals surface area contributed by atoms with E-state index >= 15 is 0 Å². The molecule has 2 rings (SSSR count). The Kier molecular flexibility index (Phi) is 5.03. The molecule has 0 aromatic heterocycles. The topological polar surface area (TPSA) is 64.9 Å². The minimum atomic E-state index is -0.287. The number of benzene rings is 2. The molecule has 2 N–H and O–H groups in total.